The SMILES string of the molecule is CCOC(=O)c1cccnc1NCCc1cscn1. The third kappa shape index (κ3) is 3.75. The highest BCUT2D eigenvalue weighted by Gasteiger charge is 2.12. The molecule has 2 rings (SSSR count). The summed E-state index contributed by atoms with van der Waals surface area (Å²) in [4.78, 5) is 20.1. The summed E-state index contributed by atoms with van der Waals surface area (Å²) in [7, 11) is 0. The summed E-state index contributed by atoms with van der Waals surface area (Å²) >= 11 is 1.57. The zero-order chi connectivity index (χ0) is 13.5. The highest BCUT2D eigenvalue weighted by Crippen LogP contribution is 2.13. The van der Waals surface area contributed by atoms with E-state index in [2.05, 4.69) is 15.3 Å². The van der Waals surface area contributed by atoms with Crippen molar-refractivity contribution in [3.8, 4) is 0 Å². The zero-order valence-electron chi connectivity index (χ0n) is 10.6. The maximum Gasteiger partial charge on any atom is 0.341 e. The number of ether oxygens (including phenoxy) is 1. The van der Waals surface area contributed by atoms with Gasteiger partial charge in [0.25, 0.3) is 0 Å². The third-order valence-corrected chi connectivity index (χ3v) is 3.10. The van der Waals surface area contributed by atoms with Gasteiger partial charge in [-0.05, 0) is 19.1 Å². The molecule has 19 heavy (non-hydrogen) atoms. The highest BCUT2D eigenvalue weighted by molar-refractivity contribution is 7.07. The molecular weight excluding hydrogens is 262 g/mol. The Morgan fingerprint density at radius 3 is 3.11 bits per heavy atom. The summed E-state index contributed by atoms with van der Waals surface area (Å²) in [6.07, 6.45) is 2.44. The van der Waals surface area contributed by atoms with E-state index in [4.69, 9.17) is 4.74 Å². The number of nitrogens with zero attached hydrogens (tertiary/aromatic N) is 2. The molecule has 0 unspecified atom stereocenters. The molecule has 0 aromatic carbocycles. The fourth-order valence-electron chi connectivity index (χ4n) is 1.59. The van der Waals surface area contributed by atoms with Gasteiger partial charge in [-0.25, -0.2) is 14.8 Å². The van der Waals surface area contributed by atoms with E-state index in [1.165, 1.54) is 0 Å². The van der Waals surface area contributed by atoms with Crippen LogP contribution in [0.1, 0.15) is 23.0 Å². The maximum atomic E-state index is 11.7. The van der Waals surface area contributed by atoms with Crippen molar-refractivity contribution in [2.75, 3.05) is 18.5 Å². The van der Waals surface area contributed by atoms with Gasteiger partial charge in [0.15, 0.2) is 0 Å². The van der Waals surface area contributed by atoms with Gasteiger partial charge in [0.2, 0.25) is 0 Å². The molecule has 0 amide bonds. The quantitative estimate of drug-likeness (QED) is 0.821. The molecule has 0 saturated heterocycles. The number of anilines is 1. The molecule has 0 fully saturated rings. The van der Waals surface area contributed by atoms with Crippen LogP contribution in [0.15, 0.2) is 29.2 Å². The average Bonchev–Trinajstić information content (AvgIpc) is 2.93. The van der Waals surface area contributed by atoms with Crippen LogP contribution in [0.25, 0.3) is 0 Å². The number of esters is 1. The number of nitrogens with one attached hydrogen (secondary N) is 1. The van der Waals surface area contributed by atoms with Crippen LogP contribution in [0.3, 0.4) is 0 Å². The van der Waals surface area contributed by atoms with E-state index < -0.39 is 0 Å². The molecule has 0 saturated carbocycles. The molecule has 0 bridgehead atoms. The molecule has 2 heterocycles. The van der Waals surface area contributed by atoms with Gasteiger partial charge >= 0.3 is 5.97 Å². The Kier molecular flexibility index (Phi) is 4.85. The second-order valence-corrected chi connectivity index (χ2v) is 4.50. The summed E-state index contributed by atoms with van der Waals surface area (Å²) in [5.74, 6) is 0.197. The summed E-state index contributed by atoms with van der Waals surface area (Å²) in [5.41, 5.74) is 3.30. The molecule has 1 N–H and O–H groups in total. The van der Waals surface area contributed by atoms with E-state index in [0.717, 1.165) is 12.1 Å². The van der Waals surface area contributed by atoms with Crippen molar-refractivity contribution in [2.24, 2.45) is 0 Å². The number of hydrogen-bond donors (Lipinski definition) is 1. The second kappa shape index (κ2) is 6.84. The van der Waals surface area contributed by atoms with Gasteiger partial charge < -0.3 is 10.1 Å². The monoisotopic (exact) mass is 277 g/mol. The number of aromatic nitrogens is 2. The predicted octanol–water partition coefficient (Wildman–Crippen LogP) is 2.37. The van der Waals surface area contributed by atoms with Gasteiger partial charge in [0.1, 0.15) is 11.4 Å². The van der Waals surface area contributed by atoms with Crippen LogP contribution in [0.4, 0.5) is 5.82 Å². The minimum Gasteiger partial charge on any atom is -0.462 e. The van der Waals surface area contributed by atoms with E-state index in [9.17, 15) is 4.79 Å². The molecule has 0 radical (unpaired) electrons. The normalized spacial score (nSPS) is 10.2. The van der Waals surface area contributed by atoms with E-state index in [-0.39, 0.29) is 5.97 Å². The van der Waals surface area contributed by atoms with Crippen molar-refractivity contribution in [2.45, 2.75) is 13.3 Å². The molecule has 100 valence electrons. The van der Waals surface area contributed by atoms with Crippen LogP contribution in [0, 0.1) is 0 Å². The minimum absolute atomic E-state index is 0.353. The van der Waals surface area contributed by atoms with Crippen molar-refractivity contribution >= 4 is 23.1 Å². The topological polar surface area (TPSA) is 64.1 Å². The molecule has 0 atom stereocenters. The number of carbonyl (C=O) groups excluding carboxylic acids is 1. The maximum absolute atomic E-state index is 11.7. The lowest BCUT2D eigenvalue weighted by Gasteiger charge is -2.09. The van der Waals surface area contributed by atoms with Gasteiger partial charge in [-0.2, -0.15) is 0 Å². The van der Waals surface area contributed by atoms with Gasteiger partial charge in [-0.3, -0.25) is 0 Å². The van der Waals surface area contributed by atoms with Gasteiger partial charge in [0.05, 0.1) is 17.8 Å². The van der Waals surface area contributed by atoms with Crippen LogP contribution in [0.2, 0.25) is 0 Å². The first-order chi connectivity index (χ1) is 9.31. The Balaban J connectivity index is 1.97. The molecule has 2 aromatic heterocycles. The Hall–Kier alpha value is -1.95. The Labute approximate surface area is 115 Å². The number of pyridine rings is 1. The van der Waals surface area contributed by atoms with Crippen molar-refractivity contribution in [3.63, 3.8) is 0 Å². The van der Waals surface area contributed by atoms with E-state index in [1.54, 1.807) is 42.1 Å². The molecule has 0 spiro atoms. The zero-order valence-corrected chi connectivity index (χ0v) is 11.4. The first-order valence-electron chi connectivity index (χ1n) is 6.04. The third-order valence-electron chi connectivity index (χ3n) is 2.46. The van der Waals surface area contributed by atoms with Gasteiger partial charge in [-0.1, -0.05) is 0 Å². The number of hydrogen-bond acceptors (Lipinski definition) is 6. The average molecular weight is 277 g/mol. The van der Waals surface area contributed by atoms with Crippen LogP contribution in [-0.4, -0.2) is 29.1 Å². The van der Waals surface area contributed by atoms with Crippen LogP contribution in [-0.2, 0) is 11.2 Å². The first kappa shape index (κ1) is 13.5. The van der Waals surface area contributed by atoms with Crippen LogP contribution < -0.4 is 5.32 Å². The summed E-state index contributed by atoms with van der Waals surface area (Å²) in [5, 5.41) is 5.15. The van der Waals surface area contributed by atoms with E-state index in [0.29, 0.717) is 24.5 Å². The number of thiazole rings is 1. The van der Waals surface area contributed by atoms with Crippen LogP contribution in [0.5, 0.6) is 0 Å². The summed E-state index contributed by atoms with van der Waals surface area (Å²) in [6, 6.07) is 3.42. The molecule has 0 aliphatic rings. The summed E-state index contributed by atoms with van der Waals surface area (Å²) in [6.45, 7) is 2.81. The van der Waals surface area contributed by atoms with E-state index >= 15 is 0 Å². The largest absolute Gasteiger partial charge is 0.462 e. The van der Waals surface area contributed by atoms with Crippen molar-refractivity contribution in [3.05, 3.63) is 40.5 Å². The lowest BCUT2D eigenvalue weighted by molar-refractivity contribution is 0.0527. The lowest BCUT2D eigenvalue weighted by Crippen LogP contribution is -2.13. The standard InChI is InChI=1S/C13H15N3O2S/c1-2-18-13(17)11-4-3-6-14-12(11)15-7-5-10-8-19-9-16-10/h3-4,6,8-9H,2,5,7H2,1H3,(H,14,15). The summed E-state index contributed by atoms with van der Waals surface area (Å²) < 4.78 is 4.99. The smallest absolute Gasteiger partial charge is 0.341 e. The molecule has 5 nitrogen and oxygen atoms in total. The molecular formula is C13H15N3O2S. The predicted molar refractivity (Wildman–Crippen MR) is 74.5 cm³/mol. The van der Waals surface area contributed by atoms with Gasteiger partial charge in [-0.15, -0.1) is 11.3 Å². The molecule has 0 aliphatic heterocycles. The lowest BCUT2D eigenvalue weighted by atomic mass is 10.2. The van der Waals surface area contributed by atoms with Crippen LogP contribution >= 0.6 is 11.3 Å². The Morgan fingerprint density at radius 1 is 1.47 bits per heavy atom. The fourth-order valence-corrected chi connectivity index (χ4v) is 2.18. The number of rotatable bonds is 6. The Morgan fingerprint density at radius 2 is 2.37 bits per heavy atom. The molecule has 6 heteroatoms. The fraction of sp³-hybridized carbons (Fsp3) is 0.308. The Bertz CT molecular complexity index is 528. The van der Waals surface area contributed by atoms with Gasteiger partial charge in [0, 0.05) is 24.5 Å². The minimum atomic E-state index is -0.355. The van der Waals surface area contributed by atoms with Crippen molar-refractivity contribution in [1.82, 2.24) is 9.97 Å². The van der Waals surface area contributed by atoms with E-state index in [1.807, 2.05) is 5.38 Å². The molecule has 0 aliphatic carbocycles. The van der Waals surface area contributed by atoms with Crippen molar-refractivity contribution < 1.29 is 9.53 Å². The highest BCUT2D eigenvalue weighted by atomic mass is 32.1. The second-order valence-electron chi connectivity index (χ2n) is 3.78. The number of carbonyl (C=O) groups is 1. The first-order valence-corrected chi connectivity index (χ1v) is 6.98. The van der Waals surface area contributed by atoms with Crippen molar-refractivity contribution in [1.29, 1.82) is 0 Å². The molecule has 2 aromatic rings.